The van der Waals surface area contributed by atoms with Crippen molar-refractivity contribution in [3.63, 3.8) is 0 Å². The summed E-state index contributed by atoms with van der Waals surface area (Å²) < 4.78 is 2.01. The number of hydrogen-bond donors (Lipinski definition) is 1. The van der Waals surface area contributed by atoms with Crippen LogP contribution in [-0.2, 0) is 13.0 Å². The van der Waals surface area contributed by atoms with Gasteiger partial charge in [-0.15, -0.1) is 0 Å². The van der Waals surface area contributed by atoms with Gasteiger partial charge in [-0.05, 0) is 56.5 Å². The Bertz CT molecular complexity index is 541. The van der Waals surface area contributed by atoms with E-state index in [4.69, 9.17) is 0 Å². The first-order valence-electron chi connectivity index (χ1n) is 7.05. The van der Waals surface area contributed by atoms with Crippen molar-refractivity contribution < 1.29 is 0 Å². The van der Waals surface area contributed by atoms with E-state index in [9.17, 15) is 0 Å². The Hall–Kier alpha value is -1.68. The van der Waals surface area contributed by atoms with E-state index in [2.05, 4.69) is 34.5 Å². The zero-order valence-electron chi connectivity index (χ0n) is 11.3. The van der Waals surface area contributed by atoms with Crippen LogP contribution in [0.4, 0.5) is 0 Å². The molecule has 1 saturated heterocycles. The smallest absolute Gasteiger partial charge is 0.0914 e. The van der Waals surface area contributed by atoms with Gasteiger partial charge in [-0.25, -0.2) is 0 Å². The number of aromatic nitrogens is 3. The number of aryl methyl sites for hydroxylation is 1. The van der Waals surface area contributed by atoms with Crippen LogP contribution < -0.4 is 5.32 Å². The Morgan fingerprint density at radius 3 is 3.11 bits per heavy atom. The summed E-state index contributed by atoms with van der Waals surface area (Å²) in [5.41, 5.74) is 3.56. The molecule has 4 nitrogen and oxygen atoms in total. The first-order chi connectivity index (χ1) is 9.38. The predicted octanol–water partition coefficient (Wildman–Crippen LogP) is 2.12. The fourth-order valence-corrected chi connectivity index (χ4v) is 2.82. The highest BCUT2D eigenvalue weighted by Crippen LogP contribution is 2.24. The zero-order valence-corrected chi connectivity index (χ0v) is 11.3. The molecule has 1 atom stereocenters. The molecule has 1 aliphatic heterocycles. The largest absolute Gasteiger partial charge is 0.316 e. The van der Waals surface area contributed by atoms with Gasteiger partial charge in [0.25, 0.3) is 0 Å². The molecule has 0 aromatic carbocycles. The van der Waals surface area contributed by atoms with E-state index in [0.29, 0.717) is 0 Å². The molecular weight excluding hydrogens is 236 g/mol. The van der Waals surface area contributed by atoms with Gasteiger partial charge in [-0.1, -0.05) is 6.07 Å². The second kappa shape index (κ2) is 5.53. The lowest BCUT2D eigenvalue weighted by Crippen LogP contribution is -2.12. The Labute approximate surface area is 113 Å². The maximum atomic E-state index is 4.59. The van der Waals surface area contributed by atoms with E-state index in [1.165, 1.54) is 12.0 Å². The summed E-state index contributed by atoms with van der Waals surface area (Å²) >= 11 is 0. The van der Waals surface area contributed by atoms with Crippen molar-refractivity contribution in [2.45, 2.75) is 26.3 Å². The minimum Gasteiger partial charge on any atom is -0.316 e. The van der Waals surface area contributed by atoms with Crippen LogP contribution in [0.5, 0.6) is 0 Å². The minimum absolute atomic E-state index is 0.737. The number of nitrogens with one attached hydrogen (secondary N) is 1. The summed E-state index contributed by atoms with van der Waals surface area (Å²) in [5, 5.41) is 7.78. The van der Waals surface area contributed by atoms with Crippen LogP contribution in [0.2, 0.25) is 0 Å². The summed E-state index contributed by atoms with van der Waals surface area (Å²) in [5.74, 6) is 0.737. The third-order valence-electron chi connectivity index (χ3n) is 3.82. The van der Waals surface area contributed by atoms with Crippen LogP contribution >= 0.6 is 0 Å². The van der Waals surface area contributed by atoms with E-state index >= 15 is 0 Å². The second-order valence-corrected chi connectivity index (χ2v) is 5.11. The molecule has 0 radical (unpaired) electrons. The third-order valence-corrected chi connectivity index (χ3v) is 3.82. The zero-order chi connectivity index (χ0) is 13.1. The van der Waals surface area contributed by atoms with Gasteiger partial charge in [0.05, 0.1) is 11.4 Å². The van der Waals surface area contributed by atoms with Gasteiger partial charge < -0.3 is 5.32 Å². The molecule has 2 aromatic heterocycles. The maximum absolute atomic E-state index is 4.59. The molecule has 0 spiro atoms. The summed E-state index contributed by atoms with van der Waals surface area (Å²) in [6, 6.07) is 6.30. The fraction of sp³-hybridized carbons (Fsp3) is 0.467. The standard InChI is InChI=1S/C15H20N4/c1-2-19-14(6-9-18-19)15-13(4-3-7-17-15)10-12-5-8-16-11-12/h3-4,6-7,9,12,16H,2,5,8,10-11H2,1H3. The summed E-state index contributed by atoms with van der Waals surface area (Å²) in [6.07, 6.45) is 6.10. The van der Waals surface area contributed by atoms with Crippen molar-refractivity contribution in [2.24, 2.45) is 5.92 Å². The molecule has 3 heterocycles. The van der Waals surface area contributed by atoms with Crippen LogP contribution in [0.3, 0.4) is 0 Å². The molecule has 0 bridgehead atoms. The number of hydrogen-bond acceptors (Lipinski definition) is 3. The number of nitrogens with zero attached hydrogens (tertiary/aromatic N) is 3. The Morgan fingerprint density at radius 2 is 2.32 bits per heavy atom. The molecule has 3 rings (SSSR count). The molecule has 1 fully saturated rings. The van der Waals surface area contributed by atoms with E-state index in [0.717, 1.165) is 43.4 Å². The molecule has 0 saturated carbocycles. The third kappa shape index (κ3) is 2.54. The summed E-state index contributed by atoms with van der Waals surface area (Å²) in [7, 11) is 0. The van der Waals surface area contributed by atoms with E-state index < -0.39 is 0 Å². The van der Waals surface area contributed by atoms with Crippen molar-refractivity contribution in [2.75, 3.05) is 13.1 Å². The molecule has 1 aliphatic rings. The van der Waals surface area contributed by atoms with Crippen LogP contribution in [0.1, 0.15) is 18.9 Å². The van der Waals surface area contributed by atoms with E-state index in [-0.39, 0.29) is 0 Å². The molecule has 100 valence electrons. The van der Waals surface area contributed by atoms with Gasteiger partial charge >= 0.3 is 0 Å². The van der Waals surface area contributed by atoms with Gasteiger partial charge in [0.1, 0.15) is 0 Å². The maximum Gasteiger partial charge on any atom is 0.0914 e. The first kappa shape index (κ1) is 12.4. The van der Waals surface area contributed by atoms with E-state index in [1.54, 1.807) is 0 Å². The molecule has 1 unspecified atom stereocenters. The Balaban J connectivity index is 1.92. The Kier molecular flexibility index (Phi) is 3.60. The van der Waals surface area contributed by atoms with Crippen LogP contribution in [-0.4, -0.2) is 27.9 Å². The highest BCUT2D eigenvalue weighted by atomic mass is 15.3. The van der Waals surface area contributed by atoms with Crippen molar-refractivity contribution in [3.8, 4) is 11.4 Å². The van der Waals surface area contributed by atoms with Crippen LogP contribution in [0.15, 0.2) is 30.6 Å². The lowest BCUT2D eigenvalue weighted by atomic mass is 9.96. The number of pyridine rings is 1. The van der Waals surface area contributed by atoms with Gasteiger partial charge in [-0.2, -0.15) is 5.10 Å². The van der Waals surface area contributed by atoms with Gasteiger partial charge in [-0.3, -0.25) is 9.67 Å². The highest BCUT2D eigenvalue weighted by molar-refractivity contribution is 5.58. The normalized spacial score (nSPS) is 18.9. The highest BCUT2D eigenvalue weighted by Gasteiger charge is 2.18. The van der Waals surface area contributed by atoms with Crippen molar-refractivity contribution >= 4 is 0 Å². The fourth-order valence-electron chi connectivity index (χ4n) is 2.82. The molecule has 2 aromatic rings. The van der Waals surface area contributed by atoms with Gasteiger partial charge in [0.2, 0.25) is 0 Å². The average molecular weight is 256 g/mol. The van der Waals surface area contributed by atoms with Gasteiger partial charge in [0.15, 0.2) is 0 Å². The summed E-state index contributed by atoms with van der Waals surface area (Å²) in [6.45, 7) is 5.26. The monoisotopic (exact) mass is 256 g/mol. The van der Waals surface area contributed by atoms with Crippen molar-refractivity contribution in [3.05, 3.63) is 36.2 Å². The molecule has 0 aliphatic carbocycles. The van der Waals surface area contributed by atoms with Crippen molar-refractivity contribution in [1.82, 2.24) is 20.1 Å². The first-order valence-corrected chi connectivity index (χ1v) is 7.05. The molecule has 1 N–H and O–H groups in total. The molecule has 4 heteroatoms. The topological polar surface area (TPSA) is 42.7 Å². The lowest BCUT2D eigenvalue weighted by Gasteiger charge is -2.13. The summed E-state index contributed by atoms with van der Waals surface area (Å²) in [4.78, 5) is 4.59. The van der Waals surface area contributed by atoms with Gasteiger partial charge in [0, 0.05) is 18.9 Å². The molecule has 0 amide bonds. The quantitative estimate of drug-likeness (QED) is 0.911. The van der Waals surface area contributed by atoms with Crippen LogP contribution in [0, 0.1) is 5.92 Å². The minimum atomic E-state index is 0.737. The Morgan fingerprint density at radius 1 is 1.37 bits per heavy atom. The number of rotatable bonds is 4. The molecular formula is C15H20N4. The second-order valence-electron chi connectivity index (χ2n) is 5.11. The van der Waals surface area contributed by atoms with Crippen molar-refractivity contribution in [1.29, 1.82) is 0 Å². The predicted molar refractivity (Wildman–Crippen MR) is 75.8 cm³/mol. The van der Waals surface area contributed by atoms with Crippen LogP contribution in [0.25, 0.3) is 11.4 Å². The van der Waals surface area contributed by atoms with E-state index in [1.807, 2.05) is 23.1 Å². The SMILES string of the molecule is CCn1nccc1-c1ncccc1CC1CCNC1. The lowest BCUT2D eigenvalue weighted by molar-refractivity contribution is 0.579. The molecule has 19 heavy (non-hydrogen) atoms. The average Bonchev–Trinajstić information content (AvgIpc) is 3.09.